The van der Waals surface area contributed by atoms with Gasteiger partial charge in [0.05, 0.1) is 14.7 Å². The van der Waals surface area contributed by atoms with Gasteiger partial charge in [0.1, 0.15) is 0 Å². The van der Waals surface area contributed by atoms with Gasteiger partial charge < -0.3 is 5.32 Å². The monoisotopic (exact) mass is 415 g/mol. The number of hydrogen-bond acceptors (Lipinski definition) is 2. The Morgan fingerprint density at radius 3 is 2.50 bits per heavy atom. The number of aryl methyl sites for hydroxylation is 2. The van der Waals surface area contributed by atoms with E-state index in [4.69, 9.17) is 0 Å². The van der Waals surface area contributed by atoms with E-state index in [0.717, 1.165) is 13.8 Å². The van der Waals surface area contributed by atoms with Gasteiger partial charge in [-0.1, -0.05) is 23.8 Å². The number of halogens is 2. The van der Waals surface area contributed by atoms with E-state index in [9.17, 15) is 4.79 Å². The number of hydrogen-bond donors (Lipinski definition) is 1. The van der Waals surface area contributed by atoms with E-state index in [1.54, 1.807) is 0 Å². The summed E-state index contributed by atoms with van der Waals surface area (Å²) in [4.78, 5) is 12.9. The van der Waals surface area contributed by atoms with Gasteiger partial charge in [0.15, 0.2) is 0 Å². The number of carbonyl (C=O) groups excluding carboxylic acids is 1. The number of carbonyl (C=O) groups is 1. The predicted octanol–water partition coefficient (Wildman–Crippen LogP) is 5.38. The molecule has 1 aromatic heterocycles. The van der Waals surface area contributed by atoms with E-state index in [1.165, 1.54) is 22.5 Å². The van der Waals surface area contributed by atoms with Gasteiger partial charge in [-0.05, 0) is 69.8 Å². The van der Waals surface area contributed by atoms with Crippen LogP contribution in [0.4, 0.5) is 0 Å². The fourth-order valence-corrected chi connectivity index (χ4v) is 4.05. The summed E-state index contributed by atoms with van der Waals surface area (Å²) in [5.41, 5.74) is 3.58. The molecule has 20 heavy (non-hydrogen) atoms. The molecular formula is C15H15Br2NOS. The number of nitrogens with one attached hydrogen (secondary N) is 1. The van der Waals surface area contributed by atoms with Crippen LogP contribution in [0.3, 0.4) is 0 Å². The minimum absolute atomic E-state index is 0.0113. The minimum atomic E-state index is -0.0473. The van der Waals surface area contributed by atoms with E-state index in [2.05, 4.69) is 69.2 Å². The van der Waals surface area contributed by atoms with Gasteiger partial charge in [0.2, 0.25) is 0 Å². The molecule has 0 aliphatic rings. The highest BCUT2D eigenvalue weighted by molar-refractivity contribution is 9.13. The van der Waals surface area contributed by atoms with E-state index in [-0.39, 0.29) is 11.9 Å². The first-order valence-electron chi connectivity index (χ1n) is 6.21. The first-order chi connectivity index (χ1) is 9.38. The molecule has 0 spiro atoms. The fraction of sp³-hybridized carbons (Fsp3) is 0.267. The van der Waals surface area contributed by atoms with Gasteiger partial charge >= 0.3 is 0 Å². The minimum Gasteiger partial charge on any atom is -0.345 e. The summed E-state index contributed by atoms with van der Waals surface area (Å²) in [6.07, 6.45) is 0. The molecule has 2 aromatic rings. The van der Waals surface area contributed by atoms with Crippen LogP contribution in [0.15, 0.2) is 32.5 Å². The Hall–Kier alpha value is -0.650. The van der Waals surface area contributed by atoms with Crippen molar-refractivity contribution in [2.24, 2.45) is 0 Å². The van der Waals surface area contributed by atoms with Gasteiger partial charge in [-0.25, -0.2) is 0 Å². The molecule has 2 rings (SSSR count). The first-order valence-corrected chi connectivity index (χ1v) is 8.61. The Labute approximate surface area is 139 Å². The maximum atomic E-state index is 12.2. The average molecular weight is 417 g/mol. The molecule has 0 saturated carbocycles. The van der Waals surface area contributed by atoms with Crippen LogP contribution >= 0.6 is 43.2 Å². The largest absolute Gasteiger partial charge is 0.345 e. The molecule has 1 unspecified atom stereocenters. The van der Waals surface area contributed by atoms with E-state index in [1.807, 2.05) is 13.0 Å². The van der Waals surface area contributed by atoms with Crippen molar-refractivity contribution >= 4 is 49.1 Å². The summed E-state index contributed by atoms with van der Waals surface area (Å²) in [5, 5.41) is 3.04. The molecule has 0 radical (unpaired) electrons. The highest BCUT2D eigenvalue weighted by atomic mass is 79.9. The summed E-state index contributed by atoms with van der Waals surface area (Å²) >= 11 is 8.23. The van der Waals surface area contributed by atoms with Crippen LogP contribution in [0.1, 0.15) is 39.3 Å². The van der Waals surface area contributed by atoms with Crippen LogP contribution in [0.2, 0.25) is 0 Å². The Morgan fingerprint density at radius 2 is 1.95 bits per heavy atom. The number of thiophene rings is 1. The summed E-state index contributed by atoms with van der Waals surface area (Å²) in [6, 6.07) is 8.11. The molecular weight excluding hydrogens is 402 g/mol. The molecule has 106 valence electrons. The second kappa shape index (κ2) is 6.41. The van der Waals surface area contributed by atoms with Crippen LogP contribution in [0.5, 0.6) is 0 Å². The van der Waals surface area contributed by atoms with Gasteiger partial charge in [0.25, 0.3) is 5.91 Å². The van der Waals surface area contributed by atoms with Crippen LogP contribution in [-0.4, -0.2) is 5.91 Å². The molecule has 1 N–H and O–H groups in total. The molecule has 0 aliphatic heterocycles. The van der Waals surface area contributed by atoms with E-state index >= 15 is 0 Å². The van der Waals surface area contributed by atoms with Crippen molar-refractivity contribution in [1.29, 1.82) is 0 Å². The van der Waals surface area contributed by atoms with Crippen LogP contribution in [0, 0.1) is 13.8 Å². The number of benzene rings is 1. The molecule has 0 aliphatic carbocycles. The first kappa shape index (κ1) is 15.7. The lowest BCUT2D eigenvalue weighted by Gasteiger charge is -2.16. The molecule has 0 bridgehead atoms. The molecule has 1 atom stereocenters. The second-order valence-electron chi connectivity index (χ2n) is 4.79. The maximum Gasteiger partial charge on any atom is 0.261 e. The number of amides is 1. The molecule has 0 saturated heterocycles. The maximum absolute atomic E-state index is 12.2. The molecule has 0 fully saturated rings. The number of rotatable bonds is 3. The summed E-state index contributed by atoms with van der Waals surface area (Å²) in [6.45, 7) is 6.15. The lowest BCUT2D eigenvalue weighted by molar-refractivity contribution is 0.0944. The van der Waals surface area contributed by atoms with Crippen LogP contribution < -0.4 is 5.32 Å². The zero-order chi connectivity index (χ0) is 14.9. The Morgan fingerprint density at radius 1 is 1.25 bits per heavy atom. The summed E-state index contributed by atoms with van der Waals surface area (Å²) in [7, 11) is 0. The zero-order valence-electron chi connectivity index (χ0n) is 11.5. The van der Waals surface area contributed by atoms with Crippen LogP contribution in [-0.2, 0) is 0 Å². The van der Waals surface area contributed by atoms with Gasteiger partial charge in [-0.15, -0.1) is 11.3 Å². The zero-order valence-corrected chi connectivity index (χ0v) is 15.4. The normalized spacial score (nSPS) is 12.2. The molecule has 5 heteroatoms. The third-order valence-corrected chi connectivity index (χ3v) is 6.36. The molecule has 2 nitrogen and oxygen atoms in total. The second-order valence-corrected chi connectivity index (χ2v) is 8.01. The fourth-order valence-electron chi connectivity index (χ4n) is 2.12. The average Bonchev–Trinajstić information content (AvgIpc) is 2.69. The van der Waals surface area contributed by atoms with Crippen molar-refractivity contribution in [2.75, 3.05) is 0 Å². The van der Waals surface area contributed by atoms with Crippen molar-refractivity contribution in [2.45, 2.75) is 26.8 Å². The van der Waals surface area contributed by atoms with E-state index < -0.39 is 0 Å². The van der Waals surface area contributed by atoms with Crippen molar-refractivity contribution in [3.63, 3.8) is 0 Å². The Kier molecular flexibility index (Phi) is 5.04. The van der Waals surface area contributed by atoms with Crippen molar-refractivity contribution in [1.82, 2.24) is 5.32 Å². The van der Waals surface area contributed by atoms with Crippen LogP contribution in [0.25, 0.3) is 0 Å². The highest BCUT2D eigenvalue weighted by Gasteiger charge is 2.16. The topological polar surface area (TPSA) is 29.1 Å². The smallest absolute Gasteiger partial charge is 0.261 e. The van der Waals surface area contributed by atoms with Crippen molar-refractivity contribution < 1.29 is 4.79 Å². The third kappa shape index (κ3) is 3.51. The quantitative estimate of drug-likeness (QED) is 0.714. The molecule has 1 amide bonds. The Balaban J connectivity index is 2.14. The Bertz CT molecular complexity index is 632. The standard InChI is InChI=1S/C15H15Br2NOS/c1-8-4-5-11(9(2)6-8)10(3)18-15(19)13-7-12(16)14(17)20-13/h4-7,10H,1-3H3,(H,18,19). The van der Waals surface area contributed by atoms with Gasteiger partial charge in [0, 0.05) is 4.47 Å². The highest BCUT2D eigenvalue weighted by Crippen LogP contribution is 2.32. The lowest BCUT2D eigenvalue weighted by atomic mass is 10.0. The van der Waals surface area contributed by atoms with Gasteiger partial charge in [-0.3, -0.25) is 4.79 Å². The SMILES string of the molecule is Cc1ccc(C(C)NC(=O)c2cc(Br)c(Br)s2)c(C)c1. The molecule has 1 aromatic carbocycles. The molecule has 1 heterocycles. The van der Waals surface area contributed by atoms with Gasteiger partial charge in [-0.2, -0.15) is 0 Å². The van der Waals surface area contributed by atoms with Crippen molar-refractivity contribution in [3.05, 3.63) is 54.1 Å². The summed E-state index contributed by atoms with van der Waals surface area (Å²) < 4.78 is 1.84. The van der Waals surface area contributed by atoms with E-state index in [0.29, 0.717) is 4.88 Å². The summed E-state index contributed by atoms with van der Waals surface area (Å²) in [5.74, 6) is -0.0473. The third-order valence-electron chi connectivity index (χ3n) is 3.11. The van der Waals surface area contributed by atoms with Crippen molar-refractivity contribution in [3.8, 4) is 0 Å². The predicted molar refractivity (Wildman–Crippen MR) is 91.5 cm³/mol. The lowest BCUT2D eigenvalue weighted by Crippen LogP contribution is -2.26.